The summed E-state index contributed by atoms with van der Waals surface area (Å²) in [5, 5.41) is 0. The summed E-state index contributed by atoms with van der Waals surface area (Å²) in [4.78, 5) is 7.25. The molecule has 0 aliphatic rings. The third-order valence-corrected chi connectivity index (χ3v) is 1.30. The van der Waals surface area contributed by atoms with Gasteiger partial charge in [-0.1, -0.05) is 6.07 Å². The predicted octanol–water partition coefficient (Wildman–Crippen LogP) is 0.467. The Hall–Kier alpha value is -1.82. The highest BCUT2D eigenvalue weighted by atomic mass is 35.5. The maximum atomic E-state index is 12.7. The zero-order chi connectivity index (χ0) is 10.6. The Balaban J connectivity index is 0.00000196. The maximum absolute atomic E-state index is 12.7. The number of guanidine groups is 2. The highest BCUT2D eigenvalue weighted by Crippen LogP contribution is 2.12. The molecule has 0 amide bonds. The molecule has 0 aliphatic carbocycles. The van der Waals surface area contributed by atoms with E-state index in [1.54, 1.807) is 6.07 Å². The first-order chi connectivity index (χ1) is 6.58. The smallest absolute Gasteiger partial charge is 0.223 e. The molecule has 0 spiro atoms. The average molecular weight is 232 g/mol. The summed E-state index contributed by atoms with van der Waals surface area (Å²) in [6, 6.07) is 5.61. The molecule has 1 aromatic carbocycles. The van der Waals surface area contributed by atoms with Crippen LogP contribution in [0.25, 0.3) is 0 Å². The third-order valence-electron chi connectivity index (χ3n) is 1.30. The van der Waals surface area contributed by atoms with E-state index in [-0.39, 0.29) is 24.3 Å². The van der Waals surface area contributed by atoms with Crippen LogP contribution in [0.3, 0.4) is 0 Å². The molecule has 7 heteroatoms. The molecular formula is C8H11ClFN5. The molecule has 0 heterocycles. The molecule has 0 fully saturated rings. The summed E-state index contributed by atoms with van der Waals surface area (Å²) in [7, 11) is 0. The molecular weight excluding hydrogens is 221 g/mol. The van der Waals surface area contributed by atoms with Crippen LogP contribution < -0.4 is 17.2 Å². The monoisotopic (exact) mass is 231 g/mol. The van der Waals surface area contributed by atoms with Gasteiger partial charge in [-0.3, -0.25) is 0 Å². The minimum Gasteiger partial charge on any atom is -0.370 e. The Morgan fingerprint density at radius 1 is 1.20 bits per heavy atom. The van der Waals surface area contributed by atoms with Crippen LogP contribution in [-0.4, -0.2) is 11.9 Å². The highest BCUT2D eigenvalue weighted by molar-refractivity contribution is 5.93. The molecule has 1 rings (SSSR count). The molecule has 82 valence electrons. The molecule has 6 N–H and O–H groups in total. The topological polar surface area (TPSA) is 103 Å². The first-order valence-electron chi connectivity index (χ1n) is 3.77. The number of rotatable bonds is 1. The van der Waals surface area contributed by atoms with Crippen molar-refractivity contribution in [3.05, 3.63) is 30.1 Å². The van der Waals surface area contributed by atoms with E-state index in [1.807, 2.05) is 0 Å². The largest absolute Gasteiger partial charge is 0.370 e. The maximum Gasteiger partial charge on any atom is 0.223 e. The molecule has 0 saturated carbocycles. The van der Waals surface area contributed by atoms with Crippen LogP contribution in [0.4, 0.5) is 10.1 Å². The predicted molar refractivity (Wildman–Crippen MR) is 60.7 cm³/mol. The Morgan fingerprint density at radius 3 is 2.40 bits per heavy atom. The van der Waals surface area contributed by atoms with Crippen LogP contribution in [0.15, 0.2) is 34.3 Å². The van der Waals surface area contributed by atoms with Crippen molar-refractivity contribution in [2.75, 3.05) is 0 Å². The van der Waals surface area contributed by atoms with Crippen LogP contribution >= 0.6 is 12.4 Å². The zero-order valence-electron chi connectivity index (χ0n) is 7.72. The van der Waals surface area contributed by atoms with Crippen molar-refractivity contribution in [1.29, 1.82) is 0 Å². The number of hydrogen-bond acceptors (Lipinski definition) is 1. The Bertz CT molecular complexity index is 386. The molecule has 0 aliphatic heterocycles. The van der Waals surface area contributed by atoms with Gasteiger partial charge in [0.15, 0.2) is 5.96 Å². The van der Waals surface area contributed by atoms with E-state index < -0.39 is 5.82 Å². The Labute approximate surface area is 92.3 Å². The first-order valence-corrected chi connectivity index (χ1v) is 3.77. The van der Waals surface area contributed by atoms with Crippen molar-refractivity contribution in [3.63, 3.8) is 0 Å². The van der Waals surface area contributed by atoms with Crippen LogP contribution in [0.1, 0.15) is 0 Å². The van der Waals surface area contributed by atoms with Gasteiger partial charge in [0.25, 0.3) is 0 Å². The van der Waals surface area contributed by atoms with Gasteiger partial charge in [-0.15, -0.1) is 12.4 Å². The second-order valence-corrected chi connectivity index (χ2v) is 2.49. The van der Waals surface area contributed by atoms with Gasteiger partial charge in [-0.05, 0) is 18.2 Å². The molecule has 0 aromatic heterocycles. The molecule has 0 radical (unpaired) electrons. The fraction of sp³-hybridized carbons (Fsp3) is 0. The second-order valence-electron chi connectivity index (χ2n) is 2.49. The summed E-state index contributed by atoms with van der Waals surface area (Å²) in [5.41, 5.74) is 15.8. The van der Waals surface area contributed by atoms with E-state index in [2.05, 4.69) is 9.98 Å². The minimum absolute atomic E-state index is 0. The normalized spacial score (nSPS) is 10.3. The summed E-state index contributed by atoms with van der Waals surface area (Å²) in [6.07, 6.45) is 0. The van der Waals surface area contributed by atoms with Crippen molar-refractivity contribution in [1.82, 2.24) is 0 Å². The molecule has 0 atom stereocenters. The van der Waals surface area contributed by atoms with Gasteiger partial charge in [0.1, 0.15) is 5.82 Å². The zero-order valence-corrected chi connectivity index (χ0v) is 8.54. The number of nitrogens with zero attached hydrogens (tertiary/aromatic N) is 2. The number of hydrogen-bond donors (Lipinski definition) is 3. The van der Waals surface area contributed by atoms with Crippen molar-refractivity contribution in [2.24, 2.45) is 27.2 Å². The molecule has 5 nitrogen and oxygen atoms in total. The third kappa shape index (κ3) is 4.82. The summed E-state index contributed by atoms with van der Waals surface area (Å²) in [5.74, 6) is -0.706. The van der Waals surface area contributed by atoms with Gasteiger partial charge in [0, 0.05) is 0 Å². The van der Waals surface area contributed by atoms with Crippen LogP contribution in [0.2, 0.25) is 0 Å². The van der Waals surface area contributed by atoms with E-state index >= 15 is 0 Å². The minimum atomic E-state index is -0.399. The summed E-state index contributed by atoms with van der Waals surface area (Å²) in [6.45, 7) is 0. The second kappa shape index (κ2) is 5.82. The fourth-order valence-corrected chi connectivity index (χ4v) is 0.835. The van der Waals surface area contributed by atoms with Gasteiger partial charge in [0.05, 0.1) is 5.69 Å². The van der Waals surface area contributed by atoms with Crippen LogP contribution in [0, 0.1) is 5.82 Å². The van der Waals surface area contributed by atoms with Crippen molar-refractivity contribution < 1.29 is 4.39 Å². The lowest BCUT2D eigenvalue weighted by molar-refractivity contribution is 0.628. The lowest BCUT2D eigenvalue weighted by Gasteiger charge is -1.95. The average Bonchev–Trinajstić information content (AvgIpc) is 2.01. The summed E-state index contributed by atoms with van der Waals surface area (Å²) >= 11 is 0. The van der Waals surface area contributed by atoms with E-state index in [0.29, 0.717) is 5.69 Å². The number of benzene rings is 1. The lowest BCUT2D eigenvalue weighted by atomic mass is 10.3. The first kappa shape index (κ1) is 13.2. The molecule has 0 unspecified atom stereocenters. The highest BCUT2D eigenvalue weighted by Gasteiger charge is 1.94. The van der Waals surface area contributed by atoms with Gasteiger partial charge in [0.2, 0.25) is 5.96 Å². The number of aliphatic imine (C=N–C) groups is 2. The molecule has 1 aromatic rings. The van der Waals surface area contributed by atoms with Crippen LogP contribution in [-0.2, 0) is 0 Å². The van der Waals surface area contributed by atoms with Crippen molar-refractivity contribution in [3.8, 4) is 0 Å². The van der Waals surface area contributed by atoms with Crippen molar-refractivity contribution in [2.45, 2.75) is 0 Å². The number of nitrogens with two attached hydrogens (primary N) is 3. The van der Waals surface area contributed by atoms with Gasteiger partial charge < -0.3 is 17.2 Å². The van der Waals surface area contributed by atoms with E-state index in [0.717, 1.165) is 0 Å². The summed E-state index contributed by atoms with van der Waals surface area (Å²) < 4.78 is 12.7. The van der Waals surface area contributed by atoms with E-state index in [4.69, 9.17) is 17.2 Å². The molecule has 0 saturated heterocycles. The van der Waals surface area contributed by atoms with E-state index in [9.17, 15) is 4.39 Å². The SMILES string of the molecule is Cl.NC(N)=NC(N)=Nc1cccc(F)c1. The van der Waals surface area contributed by atoms with Gasteiger partial charge in [-0.25, -0.2) is 9.38 Å². The Morgan fingerprint density at radius 2 is 1.87 bits per heavy atom. The van der Waals surface area contributed by atoms with Crippen molar-refractivity contribution >= 4 is 30.0 Å². The quantitative estimate of drug-likeness (QED) is 0.483. The van der Waals surface area contributed by atoms with Crippen LogP contribution in [0.5, 0.6) is 0 Å². The number of halogens is 2. The Kier molecular flexibility index (Phi) is 5.11. The standard InChI is InChI=1S/C8H10FN5.ClH/c9-5-2-1-3-6(4-5)13-8(12)14-7(10)11;/h1-4H,(H6,10,11,12,13,14);1H. The van der Waals surface area contributed by atoms with E-state index in [1.165, 1.54) is 18.2 Å². The fourth-order valence-electron chi connectivity index (χ4n) is 0.835. The molecule has 0 bridgehead atoms. The van der Waals surface area contributed by atoms with Gasteiger partial charge in [-0.2, -0.15) is 4.99 Å². The lowest BCUT2D eigenvalue weighted by Crippen LogP contribution is -2.26. The molecule has 15 heavy (non-hydrogen) atoms. The van der Waals surface area contributed by atoms with Gasteiger partial charge >= 0.3 is 0 Å².